The van der Waals surface area contributed by atoms with Gasteiger partial charge in [0.25, 0.3) is 0 Å². The van der Waals surface area contributed by atoms with E-state index < -0.39 is 30.3 Å². The summed E-state index contributed by atoms with van der Waals surface area (Å²) in [4.78, 5) is 57.1. The number of carbonyl (C=O) groups is 4. The van der Waals surface area contributed by atoms with Crippen molar-refractivity contribution in [3.05, 3.63) is 59.7 Å². The smallest absolute Gasteiger partial charge is 0.431 e. The minimum Gasteiger partial charge on any atom is -0.431 e. The fraction of sp³-hybridized carbons (Fsp3) is 0.238. The van der Waals surface area contributed by atoms with Crippen molar-refractivity contribution in [3.63, 3.8) is 0 Å². The molecule has 1 amide bonds. The molecule has 0 bridgehead atoms. The van der Waals surface area contributed by atoms with E-state index in [0.717, 1.165) is 0 Å². The van der Waals surface area contributed by atoms with Gasteiger partial charge in [-0.2, -0.15) is 0 Å². The van der Waals surface area contributed by atoms with Gasteiger partial charge in [0.05, 0.1) is 6.10 Å². The Morgan fingerprint density at radius 2 is 1.29 bits per heavy atom. The van der Waals surface area contributed by atoms with Crippen molar-refractivity contribution >= 4 is 24.2 Å². The maximum absolute atomic E-state index is 12.3. The number of para-hydroxylation sites is 2. The summed E-state index contributed by atoms with van der Waals surface area (Å²) in [6.45, 7) is 5.29. The van der Waals surface area contributed by atoms with Gasteiger partial charge in [0.1, 0.15) is 22.6 Å². The highest BCUT2D eigenvalue weighted by atomic mass is 17.2. The predicted molar refractivity (Wildman–Crippen MR) is 106 cm³/mol. The maximum atomic E-state index is 12.3. The SMILES string of the molecule is CCNC(=O)Oc1ccccc1C(=O)OOC(=O)c1ccccc1OC(=O)OC(C)C. The Morgan fingerprint density at radius 1 is 0.806 bits per heavy atom. The Hall–Kier alpha value is -4.08. The van der Waals surface area contributed by atoms with Crippen LogP contribution in [0.1, 0.15) is 41.5 Å². The summed E-state index contributed by atoms with van der Waals surface area (Å²) in [5, 5.41) is 2.42. The minimum absolute atomic E-state index is 0.0883. The monoisotopic (exact) mass is 431 g/mol. The molecule has 0 spiro atoms. The van der Waals surface area contributed by atoms with Gasteiger partial charge >= 0.3 is 24.2 Å². The van der Waals surface area contributed by atoms with Gasteiger partial charge in [0, 0.05) is 6.54 Å². The van der Waals surface area contributed by atoms with Crippen LogP contribution in [0.15, 0.2) is 48.5 Å². The molecular formula is C21H21NO9. The van der Waals surface area contributed by atoms with Crippen LogP contribution in [0.25, 0.3) is 0 Å². The number of hydrogen-bond donors (Lipinski definition) is 1. The Kier molecular flexibility index (Phi) is 8.38. The van der Waals surface area contributed by atoms with E-state index in [0.29, 0.717) is 6.54 Å². The molecule has 164 valence electrons. The largest absolute Gasteiger partial charge is 0.514 e. The highest BCUT2D eigenvalue weighted by molar-refractivity contribution is 5.96. The molecule has 1 N–H and O–H groups in total. The van der Waals surface area contributed by atoms with Crippen LogP contribution in [0, 0.1) is 0 Å². The third-order valence-electron chi connectivity index (χ3n) is 3.46. The van der Waals surface area contributed by atoms with Crippen LogP contribution in [0.3, 0.4) is 0 Å². The van der Waals surface area contributed by atoms with Gasteiger partial charge in [-0.1, -0.05) is 24.3 Å². The molecule has 31 heavy (non-hydrogen) atoms. The zero-order valence-electron chi connectivity index (χ0n) is 17.1. The quantitative estimate of drug-likeness (QED) is 0.315. The summed E-state index contributed by atoms with van der Waals surface area (Å²) < 4.78 is 14.9. The van der Waals surface area contributed by atoms with Gasteiger partial charge in [0.15, 0.2) is 0 Å². The van der Waals surface area contributed by atoms with E-state index in [9.17, 15) is 19.2 Å². The van der Waals surface area contributed by atoms with E-state index in [1.807, 2.05) is 0 Å². The first kappa shape index (κ1) is 23.2. The van der Waals surface area contributed by atoms with Crippen molar-refractivity contribution in [2.45, 2.75) is 26.9 Å². The summed E-state index contributed by atoms with van der Waals surface area (Å²) in [5.74, 6) is -2.40. The van der Waals surface area contributed by atoms with Crippen LogP contribution in [-0.2, 0) is 14.5 Å². The molecule has 0 aliphatic heterocycles. The average Bonchev–Trinajstić information content (AvgIpc) is 2.72. The first-order chi connectivity index (χ1) is 14.8. The summed E-state index contributed by atoms with van der Waals surface area (Å²) >= 11 is 0. The molecule has 10 heteroatoms. The van der Waals surface area contributed by atoms with E-state index in [2.05, 4.69) is 15.1 Å². The summed E-state index contributed by atoms with van der Waals surface area (Å²) in [6.07, 6.45) is -2.20. The van der Waals surface area contributed by atoms with E-state index in [4.69, 9.17) is 14.2 Å². The maximum Gasteiger partial charge on any atom is 0.514 e. The third kappa shape index (κ3) is 7.03. The number of amides is 1. The predicted octanol–water partition coefficient (Wildman–Crippen LogP) is 3.65. The lowest BCUT2D eigenvalue weighted by atomic mass is 10.2. The molecule has 0 heterocycles. The van der Waals surface area contributed by atoms with Crippen molar-refractivity contribution in [3.8, 4) is 11.5 Å². The molecule has 10 nitrogen and oxygen atoms in total. The molecule has 0 aliphatic carbocycles. The van der Waals surface area contributed by atoms with Crippen molar-refractivity contribution in [1.29, 1.82) is 0 Å². The lowest BCUT2D eigenvalue weighted by Gasteiger charge is -2.11. The van der Waals surface area contributed by atoms with Gasteiger partial charge in [-0.3, -0.25) is 0 Å². The van der Waals surface area contributed by atoms with Gasteiger partial charge in [-0.05, 0) is 45.0 Å². The van der Waals surface area contributed by atoms with Crippen LogP contribution in [0.5, 0.6) is 11.5 Å². The number of rotatable bonds is 6. The molecule has 0 aliphatic rings. The number of hydrogen-bond acceptors (Lipinski definition) is 9. The molecule has 0 fully saturated rings. The summed E-state index contributed by atoms with van der Waals surface area (Å²) in [5.41, 5.74) is -0.325. The number of ether oxygens (including phenoxy) is 3. The molecule has 2 aromatic rings. The normalized spacial score (nSPS) is 10.1. The molecule has 0 aromatic heterocycles. The Labute approximate surface area is 177 Å². The van der Waals surface area contributed by atoms with Crippen LogP contribution < -0.4 is 14.8 Å². The number of carbonyl (C=O) groups excluding carboxylic acids is 4. The summed E-state index contributed by atoms with van der Waals surface area (Å²) in [6, 6.07) is 11.4. The molecular weight excluding hydrogens is 410 g/mol. The van der Waals surface area contributed by atoms with E-state index in [-0.39, 0.29) is 22.6 Å². The first-order valence-corrected chi connectivity index (χ1v) is 9.27. The summed E-state index contributed by atoms with van der Waals surface area (Å²) in [7, 11) is 0. The standard InChI is InChI=1S/C21H21NO9/c1-4-22-20(25)28-16-11-7-5-9-14(16)18(23)30-31-19(24)15-10-6-8-12-17(15)29-21(26)27-13(2)3/h5-13H,4H2,1-3H3,(H,22,25). The van der Waals surface area contributed by atoms with Crippen molar-refractivity contribution in [2.24, 2.45) is 0 Å². The lowest BCUT2D eigenvalue weighted by molar-refractivity contribution is -0.187. The van der Waals surface area contributed by atoms with E-state index in [1.165, 1.54) is 42.5 Å². The molecule has 0 atom stereocenters. The van der Waals surface area contributed by atoms with Gasteiger partial charge < -0.3 is 19.5 Å². The van der Waals surface area contributed by atoms with Crippen LogP contribution in [-0.4, -0.2) is 36.8 Å². The molecule has 0 saturated heterocycles. The van der Waals surface area contributed by atoms with Crippen molar-refractivity contribution < 1.29 is 43.2 Å². The van der Waals surface area contributed by atoms with Gasteiger partial charge in [0.2, 0.25) is 0 Å². The second-order valence-electron chi connectivity index (χ2n) is 6.17. The second-order valence-corrected chi connectivity index (χ2v) is 6.17. The van der Waals surface area contributed by atoms with Gasteiger partial charge in [-0.25, -0.2) is 29.0 Å². The average molecular weight is 431 g/mol. The topological polar surface area (TPSA) is 126 Å². The molecule has 2 aromatic carbocycles. The van der Waals surface area contributed by atoms with E-state index >= 15 is 0 Å². The highest BCUT2D eigenvalue weighted by Crippen LogP contribution is 2.22. The van der Waals surface area contributed by atoms with Crippen molar-refractivity contribution in [1.82, 2.24) is 5.32 Å². The Balaban J connectivity index is 2.06. The molecule has 0 unspecified atom stereocenters. The fourth-order valence-corrected chi connectivity index (χ4v) is 2.20. The Morgan fingerprint density at radius 3 is 1.77 bits per heavy atom. The minimum atomic E-state index is -1.09. The fourth-order valence-electron chi connectivity index (χ4n) is 2.20. The first-order valence-electron chi connectivity index (χ1n) is 9.27. The lowest BCUT2D eigenvalue weighted by Crippen LogP contribution is -2.27. The zero-order chi connectivity index (χ0) is 22.8. The third-order valence-corrected chi connectivity index (χ3v) is 3.46. The van der Waals surface area contributed by atoms with Crippen LogP contribution >= 0.6 is 0 Å². The number of nitrogens with one attached hydrogen (secondary N) is 1. The van der Waals surface area contributed by atoms with Crippen LogP contribution in [0.4, 0.5) is 9.59 Å². The zero-order valence-corrected chi connectivity index (χ0v) is 17.1. The number of benzene rings is 2. The van der Waals surface area contributed by atoms with Crippen molar-refractivity contribution in [2.75, 3.05) is 6.54 Å². The highest BCUT2D eigenvalue weighted by Gasteiger charge is 2.22. The Bertz CT molecular complexity index is 955. The molecule has 0 saturated carbocycles. The molecule has 0 radical (unpaired) electrons. The van der Waals surface area contributed by atoms with Gasteiger partial charge in [-0.15, -0.1) is 0 Å². The second kappa shape index (κ2) is 11.2. The van der Waals surface area contributed by atoms with Crippen LogP contribution in [0.2, 0.25) is 0 Å². The molecule has 2 rings (SSSR count). The van der Waals surface area contributed by atoms with E-state index in [1.54, 1.807) is 26.8 Å².